The van der Waals surface area contributed by atoms with E-state index in [9.17, 15) is 0 Å². The van der Waals surface area contributed by atoms with Gasteiger partial charge in [0.05, 0.1) is 25.5 Å². The van der Waals surface area contributed by atoms with E-state index in [0.717, 1.165) is 24.5 Å². The van der Waals surface area contributed by atoms with E-state index in [1.165, 1.54) is 0 Å². The highest BCUT2D eigenvalue weighted by Gasteiger charge is 2.25. The van der Waals surface area contributed by atoms with Crippen LogP contribution < -0.4 is 4.74 Å². The summed E-state index contributed by atoms with van der Waals surface area (Å²) in [6.07, 6.45) is 2.15. The molecule has 0 unspecified atom stereocenters. The standard InChI is InChI=1S/C16H20N4O2S/c1-11-8-19(9-12(2)22-11)16(23)13-10-20(18-17-13)14-6-4-5-7-15(14)21-3/h4-7,10-12H,8-9H2,1-3H3/t11-,12+. The van der Waals surface area contributed by atoms with E-state index in [4.69, 9.17) is 21.7 Å². The molecule has 2 heterocycles. The van der Waals surface area contributed by atoms with Crippen molar-refractivity contribution in [2.45, 2.75) is 26.1 Å². The first kappa shape index (κ1) is 15.9. The van der Waals surface area contributed by atoms with Crippen LogP contribution >= 0.6 is 12.2 Å². The summed E-state index contributed by atoms with van der Waals surface area (Å²) in [5.41, 5.74) is 1.52. The van der Waals surface area contributed by atoms with Crippen LogP contribution in [0.1, 0.15) is 19.5 Å². The van der Waals surface area contributed by atoms with Gasteiger partial charge in [0.1, 0.15) is 22.1 Å². The van der Waals surface area contributed by atoms with Crippen molar-refractivity contribution in [1.29, 1.82) is 0 Å². The van der Waals surface area contributed by atoms with E-state index >= 15 is 0 Å². The number of aromatic nitrogens is 3. The van der Waals surface area contributed by atoms with Crippen molar-refractivity contribution >= 4 is 17.2 Å². The van der Waals surface area contributed by atoms with Crippen LogP contribution in [0.4, 0.5) is 0 Å². The average molecular weight is 332 g/mol. The molecule has 122 valence electrons. The largest absolute Gasteiger partial charge is 0.494 e. The quantitative estimate of drug-likeness (QED) is 0.802. The molecule has 1 aliphatic heterocycles. The fraction of sp³-hybridized carbons (Fsp3) is 0.438. The SMILES string of the molecule is COc1ccccc1-n1cc(C(=S)N2C[C@@H](C)O[C@@H](C)C2)nn1. The van der Waals surface area contributed by atoms with Gasteiger partial charge in [-0.25, -0.2) is 4.68 Å². The van der Waals surface area contributed by atoms with Gasteiger partial charge in [-0.3, -0.25) is 0 Å². The minimum absolute atomic E-state index is 0.154. The normalized spacial score (nSPS) is 21.3. The van der Waals surface area contributed by atoms with Crippen molar-refractivity contribution in [1.82, 2.24) is 19.9 Å². The maximum atomic E-state index is 5.75. The smallest absolute Gasteiger partial charge is 0.144 e. The van der Waals surface area contributed by atoms with Crippen molar-refractivity contribution in [2.75, 3.05) is 20.2 Å². The number of para-hydroxylation sites is 2. The van der Waals surface area contributed by atoms with Gasteiger partial charge in [0.15, 0.2) is 0 Å². The van der Waals surface area contributed by atoms with E-state index in [1.807, 2.05) is 30.5 Å². The molecule has 6 nitrogen and oxygen atoms in total. The summed E-state index contributed by atoms with van der Waals surface area (Å²) in [5.74, 6) is 0.739. The lowest BCUT2D eigenvalue weighted by Gasteiger charge is -2.36. The van der Waals surface area contributed by atoms with Gasteiger partial charge >= 0.3 is 0 Å². The fourth-order valence-corrected chi connectivity index (χ4v) is 3.05. The van der Waals surface area contributed by atoms with E-state index in [-0.39, 0.29) is 12.2 Å². The van der Waals surface area contributed by atoms with Crippen LogP contribution in [0.2, 0.25) is 0 Å². The summed E-state index contributed by atoms with van der Waals surface area (Å²) in [6.45, 7) is 5.64. The Morgan fingerprint density at radius 1 is 1.26 bits per heavy atom. The summed E-state index contributed by atoms with van der Waals surface area (Å²) < 4.78 is 12.8. The lowest BCUT2D eigenvalue weighted by atomic mass is 10.2. The third-order valence-electron chi connectivity index (χ3n) is 3.75. The Balaban J connectivity index is 1.83. The lowest BCUT2D eigenvalue weighted by molar-refractivity contribution is -0.0472. The highest BCUT2D eigenvalue weighted by atomic mass is 32.1. The Bertz CT molecular complexity index is 693. The van der Waals surface area contributed by atoms with Crippen LogP contribution in [0.3, 0.4) is 0 Å². The molecular formula is C16H20N4O2S. The minimum Gasteiger partial charge on any atom is -0.494 e. The van der Waals surface area contributed by atoms with E-state index in [2.05, 4.69) is 29.1 Å². The van der Waals surface area contributed by atoms with Gasteiger partial charge in [-0.2, -0.15) is 0 Å². The van der Waals surface area contributed by atoms with Crippen molar-refractivity contribution in [2.24, 2.45) is 0 Å². The van der Waals surface area contributed by atoms with Gasteiger partial charge in [-0.15, -0.1) is 5.10 Å². The molecule has 2 atom stereocenters. The van der Waals surface area contributed by atoms with Crippen LogP contribution in [-0.2, 0) is 4.74 Å². The molecule has 1 aliphatic rings. The highest BCUT2D eigenvalue weighted by molar-refractivity contribution is 7.80. The number of nitrogens with zero attached hydrogens (tertiary/aromatic N) is 4. The predicted octanol–water partition coefficient (Wildman–Crippen LogP) is 2.06. The Labute approximate surface area is 141 Å². The third kappa shape index (κ3) is 3.35. The number of rotatable bonds is 3. The molecule has 7 heteroatoms. The second-order valence-electron chi connectivity index (χ2n) is 5.69. The molecule has 2 aromatic rings. The van der Waals surface area contributed by atoms with E-state index in [0.29, 0.717) is 10.7 Å². The molecule has 0 aliphatic carbocycles. The number of benzene rings is 1. The molecule has 3 rings (SSSR count). The predicted molar refractivity (Wildman–Crippen MR) is 91.2 cm³/mol. The number of hydrogen-bond acceptors (Lipinski definition) is 5. The average Bonchev–Trinajstić information content (AvgIpc) is 3.03. The summed E-state index contributed by atoms with van der Waals surface area (Å²) in [5, 5.41) is 8.42. The van der Waals surface area contributed by atoms with Crippen molar-refractivity contribution in [3.05, 3.63) is 36.2 Å². The van der Waals surface area contributed by atoms with Crippen molar-refractivity contribution in [3.8, 4) is 11.4 Å². The molecule has 1 aromatic heterocycles. The minimum atomic E-state index is 0.154. The van der Waals surface area contributed by atoms with Gasteiger partial charge in [0.25, 0.3) is 0 Å². The lowest BCUT2D eigenvalue weighted by Crippen LogP contribution is -2.47. The van der Waals surface area contributed by atoms with Crippen molar-refractivity contribution in [3.63, 3.8) is 0 Å². The second kappa shape index (κ2) is 6.64. The zero-order valence-corrected chi connectivity index (χ0v) is 14.3. The van der Waals surface area contributed by atoms with E-state index < -0.39 is 0 Å². The maximum absolute atomic E-state index is 5.75. The van der Waals surface area contributed by atoms with Gasteiger partial charge in [-0.1, -0.05) is 29.6 Å². The summed E-state index contributed by atoms with van der Waals surface area (Å²) in [7, 11) is 1.64. The molecule has 0 radical (unpaired) electrons. The Kier molecular flexibility index (Phi) is 4.58. The zero-order chi connectivity index (χ0) is 16.4. The van der Waals surface area contributed by atoms with Gasteiger partial charge < -0.3 is 14.4 Å². The third-order valence-corrected chi connectivity index (χ3v) is 4.22. The molecule has 1 aromatic carbocycles. The molecule has 0 amide bonds. The Hall–Kier alpha value is -1.99. The van der Waals surface area contributed by atoms with Crippen LogP contribution in [-0.4, -0.2) is 57.3 Å². The van der Waals surface area contributed by atoms with Crippen LogP contribution in [0.15, 0.2) is 30.5 Å². The first-order valence-corrected chi connectivity index (χ1v) is 7.99. The first-order valence-electron chi connectivity index (χ1n) is 7.59. The Morgan fingerprint density at radius 2 is 1.96 bits per heavy atom. The first-order chi connectivity index (χ1) is 11.1. The zero-order valence-electron chi connectivity index (χ0n) is 13.5. The number of methoxy groups -OCH3 is 1. The van der Waals surface area contributed by atoms with Crippen LogP contribution in [0.5, 0.6) is 5.75 Å². The molecule has 23 heavy (non-hydrogen) atoms. The van der Waals surface area contributed by atoms with Gasteiger partial charge in [0.2, 0.25) is 0 Å². The van der Waals surface area contributed by atoms with Gasteiger partial charge in [-0.05, 0) is 26.0 Å². The fourth-order valence-electron chi connectivity index (χ4n) is 2.80. The highest BCUT2D eigenvalue weighted by Crippen LogP contribution is 2.21. The molecule has 0 bridgehead atoms. The summed E-state index contributed by atoms with van der Waals surface area (Å²) >= 11 is 5.59. The van der Waals surface area contributed by atoms with Crippen molar-refractivity contribution < 1.29 is 9.47 Å². The molecule has 0 N–H and O–H groups in total. The molecule has 0 spiro atoms. The van der Waals surface area contributed by atoms with E-state index in [1.54, 1.807) is 11.8 Å². The Morgan fingerprint density at radius 3 is 2.65 bits per heavy atom. The molecular weight excluding hydrogens is 312 g/mol. The monoisotopic (exact) mass is 332 g/mol. The summed E-state index contributed by atoms with van der Waals surface area (Å²) in [6, 6.07) is 7.67. The molecule has 1 saturated heterocycles. The van der Waals surface area contributed by atoms with Crippen LogP contribution in [0.25, 0.3) is 5.69 Å². The number of hydrogen-bond donors (Lipinski definition) is 0. The second-order valence-corrected chi connectivity index (χ2v) is 6.07. The molecule has 0 saturated carbocycles. The number of morpholine rings is 1. The summed E-state index contributed by atoms with van der Waals surface area (Å²) in [4.78, 5) is 2.83. The van der Waals surface area contributed by atoms with Crippen LogP contribution in [0, 0.1) is 0 Å². The number of thiocarbonyl (C=S) groups is 1. The topological polar surface area (TPSA) is 52.4 Å². The molecule has 1 fully saturated rings. The maximum Gasteiger partial charge on any atom is 0.144 e. The number of ether oxygens (including phenoxy) is 2. The van der Waals surface area contributed by atoms with Gasteiger partial charge in [0, 0.05) is 13.1 Å².